The van der Waals surface area contributed by atoms with Gasteiger partial charge in [0.15, 0.2) is 5.78 Å². The number of hydrogen-bond acceptors (Lipinski definition) is 1. The zero-order valence-electron chi connectivity index (χ0n) is 10.8. The van der Waals surface area contributed by atoms with Gasteiger partial charge in [-0.3, -0.25) is 4.79 Å². The van der Waals surface area contributed by atoms with Gasteiger partial charge in [-0.15, -0.1) is 0 Å². The van der Waals surface area contributed by atoms with E-state index in [-0.39, 0.29) is 11.2 Å². The molecule has 0 saturated carbocycles. The number of hydrogen-bond donors (Lipinski definition) is 0. The maximum atomic E-state index is 12.0. The van der Waals surface area contributed by atoms with Crippen LogP contribution in [0.25, 0.3) is 0 Å². The lowest BCUT2D eigenvalue weighted by atomic mass is 9.87. The average Bonchev–Trinajstić information content (AvgIpc) is 2.16. The van der Waals surface area contributed by atoms with Crippen LogP contribution in [0.5, 0.6) is 0 Å². The van der Waals surface area contributed by atoms with Crippen molar-refractivity contribution in [2.45, 2.75) is 47.0 Å². The van der Waals surface area contributed by atoms with Crippen LogP contribution in [0.15, 0.2) is 24.3 Å². The Bertz CT molecular complexity index is 358. The largest absolute Gasteiger partial charge is 0.294 e. The number of rotatable bonds is 4. The quantitative estimate of drug-likeness (QED) is 0.690. The molecule has 0 bridgehead atoms. The molecule has 0 aromatic heterocycles. The number of ketones is 1. The average molecular weight is 218 g/mol. The first-order valence-electron chi connectivity index (χ1n) is 6.04. The molecule has 1 nitrogen and oxygen atoms in total. The van der Waals surface area contributed by atoms with E-state index in [9.17, 15) is 4.79 Å². The minimum Gasteiger partial charge on any atom is -0.294 e. The third-order valence-electron chi connectivity index (χ3n) is 2.48. The SMILES string of the molecule is CCCc1cccc(C(=O)CC(C)(C)C)c1. The molecule has 1 aromatic rings. The van der Waals surface area contributed by atoms with Crippen molar-refractivity contribution in [1.29, 1.82) is 0 Å². The second-order valence-electron chi connectivity index (χ2n) is 5.61. The number of Topliss-reactive ketones (excluding diaryl/α,β-unsaturated/α-hetero) is 1. The summed E-state index contributed by atoms with van der Waals surface area (Å²) in [5, 5.41) is 0. The van der Waals surface area contributed by atoms with Crippen molar-refractivity contribution in [3.05, 3.63) is 35.4 Å². The van der Waals surface area contributed by atoms with Crippen LogP contribution in [-0.2, 0) is 6.42 Å². The summed E-state index contributed by atoms with van der Waals surface area (Å²) in [6, 6.07) is 8.04. The van der Waals surface area contributed by atoms with E-state index in [2.05, 4.69) is 33.8 Å². The summed E-state index contributed by atoms with van der Waals surface area (Å²) in [7, 11) is 0. The second kappa shape index (κ2) is 5.29. The molecule has 0 aliphatic heterocycles. The van der Waals surface area contributed by atoms with Gasteiger partial charge in [0.1, 0.15) is 0 Å². The fourth-order valence-electron chi connectivity index (χ4n) is 1.77. The van der Waals surface area contributed by atoms with Gasteiger partial charge in [-0.2, -0.15) is 0 Å². The lowest BCUT2D eigenvalue weighted by molar-refractivity contribution is 0.0940. The maximum absolute atomic E-state index is 12.0. The highest BCUT2D eigenvalue weighted by atomic mass is 16.1. The summed E-state index contributed by atoms with van der Waals surface area (Å²) in [6.45, 7) is 8.45. The standard InChI is InChI=1S/C15H22O/c1-5-7-12-8-6-9-13(10-12)14(16)11-15(2,3)4/h6,8-10H,5,7,11H2,1-4H3. The summed E-state index contributed by atoms with van der Waals surface area (Å²) in [5.41, 5.74) is 2.20. The summed E-state index contributed by atoms with van der Waals surface area (Å²) in [5.74, 6) is 0.255. The molecule has 88 valence electrons. The molecule has 0 aliphatic rings. The monoisotopic (exact) mass is 218 g/mol. The van der Waals surface area contributed by atoms with E-state index in [0.29, 0.717) is 6.42 Å². The molecule has 0 saturated heterocycles. The smallest absolute Gasteiger partial charge is 0.163 e. The van der Waals surface area contributed by atoms with E-state index in [1.165, 1.54) is 5.56 Å². The van der Waals surface area contributed by atoms with Gasteiger partial charge in [0.05, 0.1) is 0 Å². The molecule has 16 heavy (non-hydrogen) atoms. The van der Waals surface area contributed by atoms with E-state index in [4.69, 9.17) is 0 Å². The maximum Gasteiger partial charge on any atom is 0.163 e. The molecule has 0 spiro atoms. The summed E-state index contributed by atoms with van der Waals surface area (Å²) >= 11 is 0. The van der Waals surface area contributed by atoms with Crippen molar-refractivity contribution < 1.29 is 4.79 Å². The minimum atomic E-state index is 0.0673. The van der Waals surface area contributed by atoms with Gasteiger partial charge in [0.25, 0.3) is 0 Å². The molecule has 0 atom stereocenters. The molecule has 0 radical (unpaired) electrons. The molecule has 0 heterocycles. The fraction of sp³-hybridized carbons (Fsp3) is 0.533. The fourth-order valence-corrected chi connectivity index (χ4v) is 1.77. The molecule has 1 aromatic carbocycles. The topological polar surface area (TPSA) is 17.1 Å². The van der Waals surface area contributed by atoms with Crippen LogP contribution in [0.4, 0.5) is 0 Å². The van der Waals surface area contributed by atoms with Crippen molar-refractivity contribution in [3.63, 3.8) is 0 Å². The van der Waals surface area contributed by atoms with Crippen molar-refractivity contribution in [2.75, 3.05) is 0 Å². The zero-order chi connectivity index (χ0) is 12.2. The number of aryl methyl sites for hydroxylation is 1. The van der Waals surface area contributed by atoms with Crippen LogP contribution >= 0.6 is 0 Å². The van der Waals surface area contributed by atoms with E-state index >= 15 is 0 Å². The Morgan fingerprint density at radius 3 is 2.50 bits per heavy atom. The Balaban J connectivity index is 2.79. The highest BCUT2D eigenvalue weighted by Crippen LogP contribution is 2.22. The molecule has 0 unspecified atom stereocenters. The Morgan fingerprint density at radius 1 is 1.25 bits per heavy atom. The number of carbonyl (C=O) groups excluding carboxylic acids is 1. The Morgan fingerprint density at radius 2 is 1.94 bits per heavy atom. The molecular weight excluding hydrogens is 196 g/mol. The van der Waals surface area contributed by atoms with Gasteiger partial charge in [0, 0.05) is 12.0 Å². The Kier molecular flexibility index (Phi) is 4.28. The molecule has 0 N–H and O–H groups in total. The Labute approximate surface area is 98.9 Å². The van der Waals surface area contributed by atoms with Crippen molar-refractivity contribution >= 4 is 5.78 Å². The third kappa shape index (κ3) is 4.18. The first kappa shape index (κ1) is 13.0. The lowest BCUT2D eigenvalue weighted by Gasteiger charge is -2.16. The van der Waals surface area contributed by atoms with Gasteiger partial charge in [-0.25, -0.2) is 0 Å². The van der Waals surface area contributed by atoms with Gasteiger partial charge >= 0.3 is 0 Å². The molecule has 0 aliphatic carbocycles. The molecule has 0 fully saturated rings. The van der Waals surface area contributed by atoms with Crippen LogP contribution in [0.2, 0.25) is 0 Å². The number of carbonyl (C=O) groups is 1. The third-order valence-corrected chi connectivity index (χ3v) is 2.48. The molecule has 1 heteroatoms. The first-order chi connectivity index (χ1) is 7.42. The van der Waals surface area contributed by atoms with E-state index in [1.54, 1.807) is 0 Å². The summed E-state index contributed by atoms with van der Waals surface area (Å²) in [6.07, 6.45) is 2.79. The number of benzene rings is 1. The van der Waals surface area contributed by atoms with Crippen molar-refractivity contribution in [2.24, 2.45) is 5.41 Å². The zero-order valence-corrected chi connectivity index (χ0v) is 10.8. The summed E-state index contributed by atoms with van der Waals surface area (Å²) < 4.78 is 0. The highest BCUT2D eigenvalue weighted by molar-refractivity contribution is 5.96. The summed E-state index contributed by atoms with van der Waals surface area (Å²) in [4.78, 5) is 12.0. The van der Waals surface area contributed by atoms with E-state index < -0.39 is 0 Å². The van der Waals surface area contributed by atoms with E-state index in [1.807, 2.05) is 18.2 Å². The van der Waals surface area contributed by atoms with Crippen LogP contribution < -0.4 is 0 Å². The Hall–Kier alpha value is -1.11. The predicted molar refractivity (Wildman–Crippen MR) is 68.8 cm³/mol. The first-order valence-corrected chi connectivity index (χ1v) is 6.04. The van der Waals surface area contributed by atoms with Gasteiger partial charge in [0.2, 0.25) is 0 Å². The predicted octanol–water partition coefficient (Wildman–Crippen LogP) is 4.26. The normalized spacial score (nSPS) is 11.5. The second-order valence-corrected chi connectivity index (χ2v) is 5.61. The van der Waals surface area contributed by atoms with Crippen LogP contribution in [0.1, 0.15) is 56.5 Å². The van der Waals surface area contributed by atoms with Gasteiger partial charge < -0.3 is 0 Å². The van der Waals surface area contributed by atoms with E-state index in [0.717, 1.165) is 18.4 Å². The van der Waals surface area contributed by atoms with Crippen LogP contribution in [0, 0.1) is 5.41 Å². The molecule has 0 amide bonds. The molecule has 1 rings (SSSR count). The molecular formula is C15H22O. The lowest BCUT2D eigenvalue weighted by Crippen LogP contribution is -2.13. The van der Waals surface area contributed by atoms with Crippen LogP contribution in [-0.4, -0.2) is 5.78 Å². The van der Waals surface area contributed by atoms with Gasteiger partial charge in [-0.05, 0) is 23.5 Å². The van der Waals surface area contributed by atoms with Crippen molar-refractivity contribution in [1.82, 2.24) is 0 Å². The highest BCUT2D eigenvalue weighted by Gasteiger charge is 2.17. The minimum absolute atomic E-state index is 0.0673. The van der Waals surface area contributed by atoms with Gasteiger partial charge in [-0.1, -0.05) is 52.3 Å². The van der Waals surface area contributed by atoms with Crippen molar-refractivity contribution in [3.8, 4) is 0 Å². The van der Waals surface area contributed by atoms with Crippen LogP contribution in [0.3, 0.4) is 0 Å².